The first-order valence-electron chi connectivity index (χ1n) is 7.42. The number of halogens is 2. The summed E-state index contributed by atoms with van der Waals surface area (Å²) in [6, 6.07) is 7.72. The third-order valence-electron chi connectivity index (χ3n) is 3.95. The molecular formula is C16H24Cl2N2O. The molecule has 1 heterocycles. The Morgan fingerprint density at radius 2 is 2.10 bits per heavy atom. The quantitative estimate of drug-likeness (QED) is 0.865. The Hall–Kier alpha value is -0.770. The van der Waals surface area contributed by atoms with Crippen LogP contribution in [0.15, 0.2) is 24.3 Å². The minimum atomic E-state index is 0. The molecule has 1 saturated heterocycles. The molecule has 1 N–H and O–H groups in total. The van der Waals surface area contributed by atoms with Crippen LogP contribution in [0, 0.1) is 5.92 Å². The number of hydrogen-bond donors (Lipinski definition) is 1. The molecule has 1 amide bonds. The predicted molar refractivity (Wildman–Crippen MR) is 90.0 cm³/mol. The van der Waals surface area contributed by atoms with E-state index < -0.39 is 0 Å². The van der Waals surface area contributed by atoms with Crippen LogP contribution in [0.4, 0.5) is 0 Å². The number of carbonyl (C=O) groups excluding carboxylic acids is 1. The van der Waals surface area contributed by atoms with Gasteiger partial charge in [0.05, 0.1) is 0 Å². The second-order valence-electron chi connectivity index (χ2n) is 5.43. The van der Waals surface area contributed by atoms with Gasteiger partial charge >= 0.3 is 0 Å². The van der Waals surface area contributed by atoms with Crippen molar-refractivity contribution in [2.75, 3.05) is 19.6 Å². The van der Waals surface area contributed by atoms with Gasteiger partial charge in [0.25, 0.3) is 0 Å². The third kappa shape index (κ3) is 5.85. The number of hydrogen-bond acceptors (Lipinski definition) is 2. The third-order valence-corrected chi connectivity index (χ3v) is 4.20. The largest absolute Gasteiger partial charge is 0.339 e. The van der Waals surface area contributed by atoms with Gasteiger partial charge in [0.15, 0.2) is 0 Å². The van der Waals surface area contributed by atoms with Crippen molar-refractivity contribution in [3.63, 3.8) is 0 Å². The molecule has 5 heteroatoms. The number of carbonyl (C=O) groups is 1. The Morgan fingerprint density at radius 1 is 1.38 bits per heavy atom. The molecule has 1 aliphatic rings. The zero-order valence-electron chi connectivity index (χ0n) is 12.5. The Kier molecular flexibility index (Phi) is 8.09. The van der Waals surface area contributed by atoms with E-state index >= 15 is 0 Å². The van der Waals surface area contributed by atoms with Crippen molar-refractivity contribution in [1.82, 2.24) is 10.2 Å². The van der Waals surface area contributed by atoms with Gasteiger partial charge in [0.2, 0.25) is 5.91 Å². The summed E-state index contributed by atoms with van der Waals surface area (Å²) in [5, 5.41) is 4.08. The van der Waals surface area contributed by atoms with Crippen molar-refractivity contribution in [2.24, 2.45) is 5.92 Å². The minimum absolute atomic E-state index is 0. The predicted octanol–water partition coefficient (Wildman–Crippen LogP) is 3.50. The maximum Gasteiger partial charge on any atom is 0.222 e. The molecule has 1 fully saturated rings. The van der Waals surface area contributed by atoms with Crippen molar-refractivity contribution >= 4 is 29.9 Å². The van der Waals surface area contributed by atoms with E-state index in [9.17, 15) is 4.79 Å². The van der Waals surface area contributed by atoms with E-state index in [2.05, 4.69) is 5.32 Å². The summed E-state index contributed by atoms with van der Waals surface area (Å²) >= 11 is 5.88. The molecule has 0 aliphatic carbocycles. The zero-order valence-corrected chi connectivity index (χ0v) is 14.1. The highest BCUT2D eigenvalue weighted by molar-refractivity contribution is 6.30. The van der Waals surface area contributed by atoms with Crippen LogP contribution in [-0.2, 0) is 11.3 Å². The van der Waals surface area contributed by atoms with Crippen LogP contribution in [0.1, 0.15) is 31.7 Å². The van der Waals surface area contributed by atoms with Crippen molar-refractivity contribution in [3.8, 4) is 0 Å². The Balaban J connectivity index is 0.00000220. The van der Waals surface area contributed by atoms with Crippen molar-refractivity contribution < 1.29 is 4.79 Å². The molecule has 0 bridgehead atoms. The maximum absolute atomic E-state index is 12.3. The van der Waals surface area contributed by atoms with Crippen LogP contribution in [0.2, 0.25) is 5.02 Å². The van der Waals surface area contributed by atoms with E-state index in [0.717, 1.165) is 36.6 Å². The van der Waals surface area contributed by atoms with Gasteiger partial charge in [-0.1, -0.05) is 23.7 Å². The SMILES string of the molecule is CCN(Cc1ccc(Cl)cc1)C(=O)CCC1CCNC1.Cl. The summed E-state index contributed by atoms with van der Waals surface area (Å²) in [4.78, 5) is 14.2. The number of rotatable bonds is 6. The molecule has 0 radical (unpaired) electrons. The lowest BCUT2D eigenvalue weighted by molar-refractivity contribution is -0.131. The van der Waals surface area contributed by atoms with Gasteiger partial charge in [-0.15, -0.1) is 12.4 Å². The average molecular weight is 331 g/mol. The molecule has 1 aromatic carbocycles. The van der Waals surface area contributed by atoms with Gasteiger partial charge in [-0.05, 0) is 56.5 Å². The topological polar surface area (TPSA) is 32.3 Å². The Morgan fingerprint density at radius 3 is 2.67 bits per heavy atom. The van der Waals surface area contributed by atoms with Crippen molar-refractivity contribution in [1.29, 1.82) is 0 Å². The fourth-order valence-corrected chi connectivity index (χ4v) is 2.76. The molecule has 0 spiro atoms. The lowest BCUT2D eigenvalue weighted by Gasteiger charge is -2.22. The van der Waals surface area contributed by atoms with Crippen molar-refractivity contribution in [3.05, 3.63) is 34.9 Å². The fourth-order valence-electron chi connectivity index (χ4n) is 2.63. The van der Waals surface area contributed by atoms with Crippen molar-refractivity contribution in [2.45, 2.75) is 32.7 Å². The molecule has 21 heavy (non-hydrogen) atoms. The van der Waals surface area contributed by atoms with E-state index in [0.29, 0.717) is 18.9 Å². The number of nitrogens with zero attached hydrogens (tertiary/aromatic N) is 1. The van der Waals surface area contributed by atoms with Gasteiger partial charge in [0.1, 0.15) is 0 Å². The standard InChI is InChI=1S/C16H23ClN2O.ClH/c1-2-19(12-14-3-6-15(17)7-4-14)16(20)8-5-13-9-10-18-11-13;/h3-4,6-7,13,18H,2,5,8-12H2,1H3;1H. The van der Waals surface area contributed by atoms with E-state index in [-0.39, 0.29) is 18.3 Å². The number of amides is 1. The first kappa shape index (κ1) is 18.3. The van der Waals surface area contributed by atoms with Crippen LogP contribution in [0.3, 0.4) is 0 Å². The molecular weight excluding hydrogens is 307 g/mol. The highest BCUT2D eigenvalue weighted by Crippen LogP contribution is 2.16. The van der Waals surface area contributed by atoms with Gasteiger partial charge in [-0.2, -0.15) is 0 Å². The summed E-state index contributed by atoms with van der Waals surface area (Å²) in [6.45, 7) is 5.63. The molecule has 1 unspecified atom stereocenters. The molecule has 1 aliphatic heterocycles. The summed E-state index contributed by atoms with van der Waals surface area (Å²) < 4.78 is 0. The van der Waals surface area contributed by atoms with Gasteiger partial charge in [0, 0.05) is 24.5 Å². The summed E-state index contributed by atoms with van der Waals surface area (Å²) in [5.41, 5.74) is 1.13. The first-order chi connectivity index (χ1) is 9.69. The summed E-state index contributed by atoms with van der Waals surface area (Å²) in [7, 11) is 0. The van der Waals surface area contributed by atoms with E-state index in [4.69, 9.17) is 11.6 Å². The highest BCUT2D eigenvalue weighted by atomic mass is 35.5. The molecule has 1 aromatic rings. The van der Waals surface area contributed by atoms with Crippen LogP contribution < -0.4 is 5.32 Å². The molecule has 0 saturated carbocycles. The van der Waals surface area contributed by atoms with Gasteiger partial charge in [-0.3, -0.25) is 4.79 Å². The molecule has 1 atom stereocenters. The smallest absolute Gasteiger partial charge is 0.222 e. The van der Waals surface area contributed by atoms with Crippen LogP contribution in [0.5, 0.6) is 0 Å². The summed E-state index contributed by atoms with van der Waals surface area (Å²) in [6.07, 6.45) is 2.87. The lowest BCUT2D eigenvalue weighted by atomic mass is 10.0. The second kappa shape index (κ2) is 9.29. The normalized spacial score (nSPS) is 17.3. The highest BCUT2D eigenvalue weighted by Gasteiger charge is 2.18. The number of benzene rings is 1. The minimum Gasteiger partial charge on any atom is -0.339 e. The monoisotopic (exact) mass is 330 g/mol. The van der Waals surface area contributed by atoms with Crippen LogP contribution in [-0.4, -0.2) is 30.4 Å². The van der Waals surface area contributed by atoms with E-state index in [1.165, 1.54) is 6.42 Å². The maximum atomic E-state index is 12.3. The Bertz CT molecular complexity index is 430. The lowest BCUT2D eigenvalue weighted by Crippen LogP contribution is -2.30. The van der Waals surface area contributed by atoms with E-state index in [1.807, 2.05) is 36.1 Å². The van der Waals surface area contributed by atoms with Crippen LogP contribution >= 0.6 is 24.0 Å². The summed E-state index contributed by atoms with van der Waals surface area (Å²) in [5.74, 6) is 0.933. The molecule has 2 rings (SSSR count). The first-order valence-corrected chi connectivity index (χ1v) is 7.79. The van der Waals surface area contributed by atoms with E-state index in [1.54, 1.807) is 0 Å². The van der Waals surface area contributed by atoms with Crippen LogP contribution in [0.25, 0.3) is 0 Å². The number of nitrogens with one attached hydrogen (secondary N) is 1. The average Bonchev–Trinajstić information content (AvgIpc) is 2.97. The molecule has 0 aromatic heterocycles. The zero-order chi connectivity index (χ0) is 14.4. The van der Waals surface area contributed by atoms with Gasteiger partial charge in [-0.25, -0.2) is 0 Å². The second-order valence-corrected chi connectivity index (χ2v) is 5.87. The fraction of sp³-hybridized carbons (Fsp3) is 0.562. The molecule has 118 valence electrons. The molecule has 3 nitrogen and oxygen atoms in total. The Labute approximate surface area is 138 Å². The van der Waals surface area contributed by atoms with Gasteiger partial charge < -0.3 is 10.2 Å².